The first kappa shape index (κ1) is 18.4. The summed E-state index contributed by atoms with van der Waals surface area (Å²) in [6.07, 6.45) is 0. The maximum atomic E-state index is 4.64. The SMILES string of the molecule is [AlH3].[B][SiH3].[Fe]. The molecule has 2 radical (unpaired) electrons. The Balaban J connectivity index is -0.00000000500. The molecule has 0 spiro atoms. The average molecular weight is 128 g/mol. The van der Waals surface area contributed by atoms with Gasteiger partial charge in [0.05, 0.1) is 0 Å². The number of hydrogen-bond donors (Lipinski definition) is 0. The van der Waals surface area contributed by atoms with E-state index in [0.29, 0.717) is 0 Å². The quantitative estimate of drug-likeness (QED) is 0.310. The molecule has 0 fully saturated rings. The molecule has 0 aliphatic rings. The molecule has 0 aromatic carbocycles. The Labute approximate surface area is 52.1 Å². The molecule has 0 amide bonds. The van der Waals surface area contributed by atoms with Crippen LogP contribution in [0.25, 0.3) is 0 Å². The average Bonchev–Trinajstić information content (AvgIpc) is 1.00. The Morgan fingerprint density at radius 3 is 1.25 bits per heavy atom. The van der Waals surface area contributed by atoms with Crippen LogP contribution in [-0.2, 0) is 17.1 Å². The Bertz CT molecular complexity index is 8.00. The smallest absolute Gasteiger partial charge is 0.0388 e. The van der Waals surface area contributed by atoms with E-state index in [2.05, 4.69) is 7.44 Å². The van der Waals surface area contributed by atoms with E-state index in [-0.39, 0.29) is 34.4 Å². The van der Waals surface area contributed by atoms with Crippen LogP contribution in [0.5, 0.6) is 0 Å². The molecule has 0 aliphatic heterocycles. The molecule has 0 saturated heterocycles. The minimum Gasteiger partial charge on any atom is -0.0388 e. The van der Waals surface area contributed by atoms with E-state index in [0.717, 1.165) is 10.1 Å². The van der Waals surface area contributed by atoms with Crippen molar-refractivity contribution in [3.63, 3.8) is 0 Å². The van der Waals surface area contributed by atoms with Gasteiger partial charge in [-0.1, -0.05) is 0 Å². The van der Waals surface area contributed by atoms with Gasteiger partial charge in [-0.05, 0) is 10.1 Å². The first-order valence-corrected chi connectivity index (χ1v) is 1.73. The van der Waals surface area contributed by atoms with Crippen molar-refractivity contribution in [1.29, 1.82) is 0 Å². The van der Waals surface area contributed by atoms with Crippen molar-refractivity contribution in [2.24, 2.45) is 0 Å². The minimum atomic E-state index is 0. The van der Waals surface area contributed by atoms with Crippen LogP contribution in [0.3, 0.4) is 0 Å². The molecular weight excluding hydrogens is 122 g/mol. The Morgan fingerprint density at radius 2 is 1.25 bits per heavy atom. The normalized spacial score (nSPS) is 2.00. The first-order valence-electron chi connectivity index (χ1n) is 0.577. The molecule has 0 aliphatic carbocycles. The van der Waals surface area contributed by atoms with Crippen LogP contribution in [-0.4, -0.2) is 34.9 Å². The fourth-order valence-electron chi connectivity index (χ4n) is 0. The molecule has 24 valence electrons. The Kier molecular flexibility index (Phi) is 124. The van der Waals surface area contributed by atoms with Gasteiger partial charge in [0.1, 0.15) is 0 Å². The standard InChI is InChI=1S/Al.BH3Si.Fe.3H/c;1-2;;;;/h;2H3;;;;. The maximum absolute atomic E-state index is 4.64. The van der Waals surface area contributed by atoms with Crippen LogP contribution in [0.15, 0.2) is 0 Å². The molecule has 0 aromatic heterocycles. The number of hydrogen-bond acceptors (Lipinski definition) is 0. The summed E-state index contributed by atoms with van der Waals surface area (Å²) in [4.78, 5) is 0. The van der Waals surface area contributed by atoms with E-state index in [1.807, 2.05) is 0 Å². The summed E-state index contributed by atoms with van der Waals surface area (Å²) in [5.74, 6) is 0. The monoisotopic (exact) mass is 128 g/mol. The van der Waals surface area contributed by atoms with E-state index < -0.39 is 0 Å². The van der Waals surface area contributed by atoms with Crippen LogP contribution >= 0.6 is 0 Å². The first-order chi connectivity index (χ1) is 1.00. The van der Waals surface area contributed by atoms with Gasteiger partial charge in [-0.25, -0.2) is 0 Å². The van der Waals surface area contributed by atoms with Crippen molar-refractivity contribution in [1.82, 2.24) is 0 Å². The summed E-state index contributed by atoms with van der Waals surface area (Å²) >= 11 is 0. The van der Waals surface area contributed by atoms with Gasteiger partial charge >= 0.3 is 0 Å². The van der Waals surface area contributed by atoms with E-state index in [1.165, 1.54) is 0 Å². The third-order valence-electron chi connectivity index (χ3n) is 0. The number of rotatable bonds is 0. The van der Waals surface area contributed by atoms with E-state index in [4.69, 9.17) is 0 Å². The molecule has 0 aromatic rings. The molecule has 0 saturated carbocycles. The fourth-order valence-corrected chi connectivity index (χ4v) is 0. The molecule has 0 heterocycles. The maximum Gasteiger partial charge on any atom is 0.187 e. The summed E-state index contributed by atoms with van der Waals surface area (Å²) in [6, 6.07) is 0. The summed E-state index contributed by atoms with van der Waals surface area (Å²) in [7, 11) is 5.44. The van der Waals surface area contributed by atoms with Crippen LogP contribution in [0.2, 0.25) is 0 Å². The zero-order valence-corrected chi connectivity index (χ0v) is 5.04. The van der Waals surface area contributed by atoms with Gasteiger partial charge in [0.2, 0.25) is 0 Å². The van der Waals surface area contributed by atoms with E-state index in [9.17, 15) is 0 Å². The summed E-state index contributed by atoms with van der Waals surface area (Å²) in [6.45, 7) is 0. The molecule has 4 heavy (non-hydrogen) atoms. The summed E-state index contributed by atoms with van der Waals surface area (Å²) < 4.78 is 0. The van der Waals surface area contributed by atoms with Crippen molar-refractivity contribution in [3.05, 3.63) is 0 Å². The Hall–Kier alpha value is 1.33. The van der Waals surface area contributed by atoms with Gasteiger partial charge in [-0.3, -0.25) is 0 Å². The predicted octanol–water partition coefficient (Wildman–Crippen LogP) is -2.75. The largest absolute Gasteiger partial charge is 0.187 e. The van der Waals surface area contributed by atoms with Gasteiger partial charge in [0.15, 0.2) is 17.4 Å². The topological polar surface area (TPSA) is 0 Å². The van der Waals surface area contributed by atoms with Crippen molar-refractivity contribution in [2.45, 2.75) is 0 Å². The van der Waals surface area contributed by atoms with Crippen molar-refractivity contribution >= 4 is 34.9 Å². The molecule has 0 bridgehead atoms. The van der Waals surface area contributed by atoms with Gasteiger partial charge in [0.25, 0.3) is 0 Å². The van der Waals surface area contributed by atoms with Gasteiger partial charge in [0, 0.05) is 24.5 Å². The molecular formula is H6AlBFeSi. The minimum absolute atomic E-state index is 0. The van der Waals surface area contributed by atoms with Gasteiger partial charge in [-0.15, -0.1) is 0 Å². The van der Waals surface area contributed by atoms with Crippen molar-refractivity contribution < 1.29 is 17.1 Å². The molecule has 0 N–H and O–H groups in total. The van der Waals surface area contributed by atoms with E-state index >= 15 is 0 Å². The zero-order chi connectivity index (χ0) is 2.00. The summed E-state index contributed by atoms with van der Waals surface area (Å²) in [5, 5.41) is 0. The van der Waals surface area contributed by atoms with Gasteiger partial charge in [-0.2, -0.15) is 0 Å². The molecule has 0 rings (SSSR count). The molecule has 0 nitrogen and oxygen atoms in total. The van der Waals surface area contributed by atoms with Crippen LogP contribution in [0.1, 0.15) is 0 Å². The summed E-state index contributed by atoms with van der Waals surface area (Å²) in [5.41, 5.74) is 0. The second-order valence-corrected chi connectivity index (χ2v) is 0. The predicted molar refractivity (Wildman–Crippen MR) is 25.6 cm³/mol. The third-order valence-corrected chi connectivity index (χ3v) is 0. The molecule has 0 atom stereocenters. The van der Waals surface area contributed by atoms with Crippen LogP contribution < -0.4 is 0 Å². The second kappa shape index (κ2) is 27.1. The van der Waals surface area contributed by atoms with Crippen LogP contribution in [0, 0.1) is 0 Å². The third kappa shape index (κ3) is 10.2. The fraction of sp³-hybridized carbons (Fsp3) is 0. The molecule has 0 unspecified atom stereocenters. The Morgan fingerprint density at radius 1 is 1.25 bits per heavy atom. The van der Waals surface area contributed by atoms with Crippen molar-refractivity contribution in [2.75, 3.05) is 0 Å². The van der Waals surface area contributed by atoms with Gasteiger partial charge < -0.3 is 0 Å². The zero-order valence-electron chi connectivity index (χ0n) is 1.93. The van der Waals surface area contributed by atoms with Crippen LogP contribution in [0.4, 0.5) is 0 Å². The molecule has 4 heteroatoms. The second-order valence-electron chi connectivity index (χ2n) is 0. The van der Waals surface area contributed by atoms with Crippen molar-refractivity contribution in [3.8, 4) is 0 Å². The van der Waals surface area contributed by atoms with E-state index in [1.54, 1.807) is 0 Å².